The number of likely N-dealkylation sites (tertiary alicyclic amines) is 1. The lowest BCUT2D eigenvalue weighted by Crippen LogP contribution is -2.68. The molecule has 2 N–H and O–H groups in total. The van der Waals surface area contributed by atoms with Crippen LogP contribution in [0, 0.1) is 68.0 Å². The number of hydrogen-bond donors (Lipinski definition) is 2. The van der Waals surface area contributed by atoms with Gasteiger partial charge in [-0.15, -0.1) is 0 Å². The van der Waals surface area contributed by atoms with Crippen LogP contribution in [0.5, 0.6) is 0 Å². The van der Waals surface area contributed by atoms with E-state index in [1.54, 1.807) is 6.92 Å². The van der Waals surface area contributed by atoms with Crippen LogP contribution < -0.4 is 5.32 Å². The average molecular weight is 749 g/mol. The Bertz CT molecular complexity index is 1510. The van der Waals surface area contributed by atoms with E-state index in [0.717, 1.165) is 70.9 Å². The maximum absolute atomic E-state index is 15.0. The van der Waals surface area contributed by atoms with Gasteiger partial charge in [-0.1, -0.05) is 74.1 Å². The number of amides is 2. The molecule has 6 fully saturated rings. The number of allylic oxidation sites excluding steroid dienone is 2. The van der Waals surface area contributed by atoms with Gasteiger partial charge in [0, 0.05) is 43.8 Å². The number of rotatable bonds is 8. The molecule has 0 radical (unpaired) electrons. The third kappa shape index (κ3) is 6.69. The highest BCUT2D eigenvalue weighted by molar-refractivity contribution is 5.80. The van der Waals surface area contributed by atoms with E-state index < -0.39 is 5.41 Å². The molecule has 0 aromatic rings. The highest BCUT2D eigenvalue weighted by atomic mass is 16.5. The Labute approximate surface area is 328 Å². The van der Waals surface area contributed by atoms with Crippen molar-refractivity contribution in [2.75, 3.05) is 13.1 Å². The normalized spacial score (nSPS) is 42.0. The minimum absolute atomic E-state index is 0.00396. The molecule has 11 atom stereocenters. The van der Waals surface area contributed by atoms with Gasteiger partial charge in [0.1, 0.15) is 6.10 Å². The number of aliphatic hydroxyl groups excluding tert-OH is 1. The summed E-state index contributed by atoms with van der Waals surface area (Å²) in [6, 6.07) is 0.160. The summed E-state index contributed by atoms with van der Waals surface area (Å²) < 4.78 is 6.39. The minimum Gasteiger partial charge on any atom is -0.513 e. The number of nitrogens with zero attached hydrogens (tertiary/aromatic N) is 1. The van der Waals surface area contributed by atoms with Gasteiger partial charge in [0.25, 0.3) is 0 Å². The Morgan fingerprint density at radius 3 is 2.04 bits per heavy atom. The Hall–Kier alpha value is -2.31. The molecule has 5 saturated carbocycles. The zero-order valence-corrected chi connectivity index (χ0v) is 35.9. The lowest BCUT2D eigenvalue weighted by molar-refractivity contribution is -0.259. The predicted molar refractivity (Wildman–Crippen MR) is 216 cm³/mol. The van der Waals surface area contributed by atoms with Crippen LogP contribution in [0.3, 0.4) is 0 Å². The fraction of sp³-hybridized carbons (Fsp3) is 0.851. The number of ether oxygens (including phenoxy) is 1. The van der Waals surface area contributed by atoms with Gasteiger partial charge in [-0.2, -0.15) is 0 Å². The predicted octanol–water partition coefficient (Wildman–Crippen LogP) is 10.2. The summed E-state index contributed by atoms with van der Waals surface area (Å²) in [5.74, 6) is 2.43. The van der Waals surface area contributed by atoms with Crippen molar-refractivity contribution in [2.45, 2.75) is 171 Å². The van der Waals surface area contributed by atoms with Crippen LogP contribution in [0.2, 0.25) is 0 Å². The number of aliphatic hydroxyl groups is 1. The van der Waals surface area contributed by atoms with Crippen LogP contribution in [0.1, 0.15) is 159 Å². The van der Waals surface area contributed by atoms with Crippen LogP contribution in [0.4, 0.5) is 0 Å². The zero-order chi connectivity index (χ0) is 39.8. The molecule has 0 aromatic heterocycles. The van der Waals surface area contributed by atoms with Gasteiger partial charge in [-0.25, -0.2) is 0 Å². The quantitative estimate of drug-likeness (QED) is 0.146. The van der Waals surface area contributed by atoms with E-state index in [9.17, 15) is 19.5 Å². The van der Waals surface area contributed by atoms with E-state index in [2.05, 4.69) is 71.8 Å². The van der Waals surface area contributed by atoms with Gasteiger partial charge in [-0.05, 0) is 141 Å². The van der Waals surface area contributed by atoms with Crippen molar-refractivity contribution in [1.82, 2.24) is 10.2 Å². The molecule has 7 heteroatoms. The second kappa shape index (κ2) is 14.3. The number of hydrogen-bond acceptors (Lipinski definition) is 5. The molecule has 2 amide bonds. The summed E-state index contributed by atoms with van der Waals surface area (Å²) >= 11 is 0. The lowest BCUT2D eigenvalue weighted by atomic mass is 9.31. The van der Waals surface area contributed by atoms with Crippen molar-refractivity contribution < 1.29 is 24.2 Å². The first-order valence-electron chi connectivity index (χ1n) is 21.8. The molecule has 6 rings (SSSR count). The molecule has 2 bridgehead atoms. The molecule has 6 aliphatic rings. The van der Waals surface area contributed by atoms with Gasteiger partial charge in [0.2, 0.25) is 11.8 Å². The van der Waals surface area contributed by atoms with Crippen molar-refractivity contribution in [3.8, 4) is 0 Å². The number of carbonyl (C=O) groups is 3. The van der Waals surface area contributed by atoms with E-state index in [1.807, 2.05) is 13.8 Å². The number of piperidine rings is 1. The summed E-state index contributed by atoms with van der Waals surface area (Å²) in [5, 5.41) is 12.9. The van der Waals surface area contributed by atoms with E-state index in [4.69, 9.17) is 4.74 Å². The lowest BCUT2D eigenvalue weighted by Gasteiger charge is -2.74. The Kier molecular flexibility index (Phi) is 10.9. The molecule has 304 valence electrons. The van der Waals surface area contributed by atoms with Gasteiger partial charge in [0.15, 0.2) is 0 Å². The Balaban J connectivity index is 1.28. The average Bonchev–Trinajstić information content (AvgIpc) is 3.11. The monoisotopic (exact) mass is 749 g/mol. The van der Waals surface area contributed by atoms with Gasteiger partial charge < -0.3 is 20.1 Å². The van der Waals surface area contributed by atoms with E-state index >= 15 is 0 Å². The van der Waals surface area contributed by atoms with Crippen LogP contribution in [-0.4, -0.2) is 53.0 Å². The first kappa shape index (κ1) is 41.3. The zero-order valence-electron chi connectivity index (χ0n) is 35.9. The molecule has 7 nitrogen and oxygen atoms in total. The van der Waals surface area contributed by atoms with E-state index in [1.165, 1.54) is 24.8 Å². The molecule has 1 unspecified atom stereocenters. The van der Waals surface area contributed by atoms with Crippen molar-refractivity contribution in [3.63, 3.8) is 0 Å². The summed E-state index contributed by atoms with van der Waals surface area (Å²) in [6.45, 7) is 32.8. The number of esters is 1. The highest BCUT2D eigenvalue weighted by Gasteiger charge is 2.73. The van der Waals surface area contributed by atoms with Crippen molar-refractivity contribution in [1.29, 1.82) is 0 Å². The highest BCUT2D eigenvalue weighted by Crippen LogP contribution is 2.79. The van der Waals surface area contributed by atoms with Crippen LogP contribution in [0.15, 0.2) is 24.5 Å². The molecular weight excluding hydrogens is 673 g/mol. The largest absolute Gasteiger partial charge is 0.513 e. The fourth-order valence-electron chi connectivity index (χ4n) is 15.3. The second-order valence-corrected chi connectivity index (χ2v) is 22.0. The number of fused-ring (bicyclic) bond motifs is 8. The molecule has 1 heterocycles. The van der Waals surface area contributed by atoms with Gasteiger partial charge in [0.05, 0.1) is 12.2 Å². The first-order chi connectivity index (χ1) is 25.0. The summed E-state index contributed by atoms with van der Waals surface area (Å²) in [6.07, 6.45) is 13.3. The van der Waals surface area contributed by atoms with E-state index in [0.29, 0.717) is 36.0 Å². The molecule has 54 heavy (non-hydrogen) atoms. The third-order valence-corrected chi connectivity index (χ3v) is 18.1. The number of nitrogens with one attached hydrogen (secondary N) is 1. The van der Waals surface area contributed by atoms with Gasteiger partial charge in [-0.3, -0.25) is 14.4 Å². The van der Waals surface area contributed by atoms with E-state index in [-0.39, 0.29) is 75.1 Å². The molecule has 1 aliphatic heterocycles. The summed E-state index contributed by atoms with van der Waals surface area (Å²) in [7, 11) is 0. The second-order valence-electron chi connectivity index (χ2n) is 22.0. The molecule has 5 aliphatic carbocycles. The summed E-state index contributed by atoms with van der Waals surface area (Å²) in [5.41, 5.74) is 1.05. The van der Waals surface area contributed by atoms with Crippen molar-refractivity contribution in [2.24, 2.45) is 68.0 Å². The van der Waals surface area contributed by atoms with Crippen LogP contribution >= 0.6 is 0 Å². The maximum atomic E-state index is 15.0. The first-order valence-corrected chi connectivity index (χ1v) is 21.8. The molecule has 1 saturated heterocycles. The SMILES string of the molecule is C=C(O)CC(C)(C)CC(=O)O[C@H]1CC[C@]2(C)[C@H]3CC[C@]4(C)[C@@H]5C(C(=O)N6CCC(NC(C)=O)CC6)[C@@H](CC[C@H]5C(=C)C)CC[C@@]4(C)[C@]3(C)CC[C@H]2C1(C)C. The maximum Gasteiger partial charge on any atom is 0.306 e. The molecule has 0 aromatic carbocycles. The Morgan fingerprint density at radius 1 is 0.796 bits per heavy atom. The fourth-order valence-corrected chi connectivity index (χ4v) is 15.3. The minimum atomic E-state index is -0.401. The Morgan fingerprint density at radius 2 is 1.43 bits per heavy atom. The number of carbonyl (C=O) groups excluding carboxylic acids is 3. The smallest absolute Gasteiger partial charge is 0.306 e. The van der Waals surface area contributed by atoms with Gasteiger partial charge >= 0.3 is 5.97 Å². The molecule has 0 spiro atoms. The standard InChI is InChI=1S/C47H76N2O5/c1-29(2)34-14-13-32-15-24-47(12)45(10)22-16-35-43(7,8)37(54-38(52)28-42(5,6)27-30(3)50)18-21-44(35,9)36(45)17-23-46(47,11)40(34)39(32)41(53)49-25-19-33(20-26-49)48-31(4)51/h32-37,39-40,50H,1,3,13-28H2,2,4-12H3,(H,48,51)/t32-,34-,35-,36+,37-,39?,40-,44-,45+,46+,47-/m0/s1. The third-order valence-electron chi connectivity index (χ3n) is 18.1. The van der Waals surface area contributed by atoms with Crippen molar-refractivity contribution >= 4 is 17.8 Å². The van der Waals surface area contributed by atoms with Crippen LogP contribution in [-0.2, 0) is 19.1 Å². The summed E-state index contributed by atoms with van der Waals surface area (Å²) in [4.78, 5) is 42.4. The van der Waals surface area contributed by atoms with Crippen molar-refractivity contribution in [3.05, 3.63) is 24.5 Å². The molecular formula is C47H76N2O5. The van der Waals surface area contributed by atoms with Crippen LogP contribution in [0.25, 0.3) is 0 Å². The topological polar surface area (TPSA) is 95.9 Å².